The number of amides is 2. The fourth-order valence-corrected chi connectivity index (χ4v) is 3.66. The van der Waals surface area contributed by atoms with Gasteiger partial charge in [0.1, 0.15) is 5.75 Å². The second-order valence-electron chi connectivity index (χ2n) is 7.68. The zero-order valence-electron chi connectivity index (χ0n) is 16.4. The SMILES string of the molecule is CC(C)Oc1ccc(C(CCN2C(=O)c3ccccc3C2=O)C(C)C)cc1. The molecule has 142 valence electrons. The number of imide groups is 1. The molecule has 1 aliphatic heterocycles. The number of benzene rings is 2. The van der Waals surface area contributed by atoms with Gasteiger partial charge in [0.15, 0.2) is 0 Å². The molecule has 1 aliphatic rings. The van der Waals surface area contributed by atoms with Gasteiger partial charge in [-0.3, -0.25) is 14.5 Å². The number of ether oxygens (including phenoxy) is 1. The molecule has 0 saturated carbocycles. The van der Waals surface area contributed by atoms with Crippen LogP contribution in [-0.2, 0) is 0 Å². The number of fused-ring (bicyclic) bond motifs is 1. The molecule has 0 bridgehead atoms. The molecule has 4 heteroatoms. The normalized spacial score (nSPS) is 14.8. The smallest absolute Gasteiger partial charge is 0.261 e. The minimum absolute atomic E-state index is 0.144. The highest BCUT2D eigenvalue weighted by atomic mass is 16.5. The molecule has 3 rings (SSSR count). The van der Waals surface area contributed by atoms with Crippen molar-refractivity contribution in [3.05, 3.63) is 65.2 Å². The zero-order valence-corrected chi connectivity index (χ0v) is 16.4. The van der Waals surface area contributed by atoms with E-state index in [1.54, 1.807) is 24.3 Å². The van der Waals surface area contributed by atoms with Crippen molar-refractivity contribution in [3.63, 3.8) is 0 Å². The Morgan fingerprint density at radius 3 is 1.89 bits per heavy atom. The summed E-state index contributed by atoms with van der Waals surface area (Å²) in [7, 11) is 0. The molecule has 0 fully saturated rings. The molecular weight excluding hydrogens is 338 g/mol. The van der Waals surface area contributed by atoms with Crippen molar-refractivity contribution in [1.82, 2.24) is 4.90 Å². The van der Waals surface area contributed by atoms with Gasteiger partial charge in [0, 0.05) is 6.54 Å². The first-order chi connectivity index (χ1) is 12.9. The average Bonchev–Trinajstić information content (AvgIpc) is 2.87. The van der Waals surface area contributed by atoms with Crippen LogP contribution in [0.3, 0.4) is 0 Å². The lowest BCUT2D eigenvalue weighted by Gasteiger charge is -2.24. The summed E-state index contributed by atoms with van der Waals surface area (Å²) in [5.74, 6) is 1.16. The highest BCUT2D eigenvalue weighted by Crippen LogP contribution is 2.31. The van der Waals surface area contributed by atoms with Gasteiger partial charge in [0.25, 0.3) is 11.8 Å². The van der Waals surface area contributed by atoms with Crippen LogP contribution >= 0.6 is 0 Å². The Morgan fingerprint density at radius 2 is 1.41 bits per heavy atom. The molecule has 0 aromatic heterocycles. The fraction of sp³-hybridized carbons (Fsp3) is 0.391. The van der Waals surface area contributed by atoms with Crippen LogP contribution in [0.15, 0.2) is 48.5 Å². The lowest BCUT2D eigenvalue weighted by Crippen LogP contribution is -2.32. The van der Waals surface area contributed by atoms with Crippen LogP contribution in [-0.4, -0.2) is 29.4 Å². The highest BCUT2D eigenvalue weighted by Gasteiger charge is 2.35. The van der Waals surface area contributed by atoms with Gasteiger partial charge in [-0.1, -0.05) is 38.1 Å². The molecule has 1 heterocycles. The molecule has 2 aromatic carbocycles. The van der Waals surface area contributed by atoms with Gasteiger partial charge >= 0.3 is 0 Å². The number of hydrogen-bond donors (Lipinski definition) is 0. The van der Waals surface area contributed by atoms with Crippen LogP contribution in [0.5, 0.6) is 5.75 Å². The topological polar surface area (TPSA) is 46.6 Å². The van der Waals surface area contributed by atoms with Crippen molar-refractivity contribution in [3.8, 4) is 5.75 Å². The standard InChI is InChI=1S/C23H27NO3/c1-15(2)19(17-9-11-18(12-10-17)27-16(3)4)13-14-24-22(25)20-7-5-6-8-21(20)23(24)26/h5-12,15-16,19H,13-14H2,1-4H3. The summed E-state index contributed by atoms with van der Waals surface area (Å²) in [5.41, 5.74) is 2.23. The lowest BCUT2D eigenvalue weighted by molar-refractivity contribution is 0.0647. The Labute approximate surface area is 161 Å². The number of nitrogens with zero attached hydrogens (tertiary/aromatic N) is 1. The average molecular weight is 365 g/mol. The van der Waals surface area contributed by atoms with E-state index in [1.165, 1.54) is 10.5 Å². The number of rotatable bonds is 7. The first-order valence-electron chi connectivity index (χ1n) is 9.60. The summed E-state index contributed by atoms with van der Waals surface area (Å²) in [4.78, 5) is 26.5. The van der Waals surface area contributed by atoms with Crippen LogP contribution in [0.2, 0.25) is 0 Å². The maximum Gasteiger partial charge on any atom is 0.261 e. The van der Waals surface area contributed by atoms with Gasteiger partial charge in [0.2, 0.25) is 0 Å². The van der Waals surface area contributed by atoms with E-state index in [2.05, 4.69) is 26.0 Å². The van der Waals surface area contributed by atoms with Gasteiger partial charge in [0.05, 0.1) is 17.2 Å². The number of carbonyl (C=O) groups excluding carboxylic acids is 2. The van der Waals surface area contributed by atoms with Crippen molar-refractivity contribution in [2.45, 2.75) is 46.1 Å². The third-order valence-electron chi connectivity index (χ3n) is 5.03. The number of carbonyl (C=O) groups is 2. The summed E-state index contributed by atoms with van der Waals surface area (Å²) >= 11 is 0. The summed E-state index contributed by atoms with van der Waals surface area (Å²) in [6.07, 6.45) is 0.888. The zero-order chi connectivity index (χ0) is 19.6. The third-order valence-corrected chi connectivity index (χ3v) is 5.03. The Morgan fingerprint density at radius 1 is 0.852 bits per heavy atom. The Kier molecular flexibility index (Phi) is 5.64. The monoisotopic (exact) mass is 365 g/mol. The number of hydrogen-bond acceptors (Lipinski definition) is 3. The van der Waals surface area contributed by atoms with Crippen molar-refractivity contribution in [2.75, 3.05) is 6.54 Å². The first-order valence-corrected chi connectivity index (χ1v) is 9.60. The third kappa shape index (κ3) is 4.05. The van der Waals surface area contributed by atoms with Gasteiger partial charge in [-0.15, -0.1) is 0 Å². The molecule has 2 amide bonds. The van der Waals surface area contributed by atoms with Crippen molar-refractivity contribution >= 4 is 11.8 Å². The van der Waals surface area contributed by atoms with Gasteiger partial charge < -0.3 is 4.74 Å². The van der Waals surface area contributed by atoms with E-state index in [9.17, 15) is 9.59 Å². The molecule has 1 atom stereocenters. The van der Waals surface area contributed by atoms with E-state index in [0.717, 1.165) is 12.2 Å². The van der Waals surface area contributed by atoms with Crippen LogP contribution in [0.4, 0.5) is 0 Å². The van der Waals surface area contributed by atoms with Crippen molar-refractivity contribution < 1.29 is 14.3 Å². The van der Waals surface area contributed by atoms with E-state index >= 15 is 0 Å². The largest absolute Gasteiger partial charge is 0.491 e. The summed E-state index contributed by atoms with van der Waals surface area (Å²) in [6.45, 7) is 8.79. The summed E-state index contributed by atoms with van der Waals surface area (Å²) in [6, 6.07) is 15.2. The molecule has 0 saturated heterocycles. The highest BCUT2D eigenvalue weighted by molar-refractivity contribution is 6.21. The first kappa shape index (κ1) is 19.2. The predicted molar refractivity (Wildman–Crippen MR) is 106 cm³/mol. The maximum atomic E-state index is 12.6. The van der Waals surface area contributed by atoms with Crippen molar-refractivity contribution in [2.24, 2.45) is 5.92 Å². The van der Waals surface area contributed by atoms with Gasteiger partial charge in [-0.2, -0.15) is 0 Å². The summed E-state index contributed by atoms with van der Waals surface area (Å²) in [5, 5.41) is 0. The van der Waals surface area contributed by atoms with E-state index in [-0.39, 0.29) is 23.8 Å². The van der Waals surface area contributed by atoms with Crippen LogP contribution < -0.4 is 4.74 Å². The van der Waals surface area contributed by atoms with Gasteiger partial charge in [-0.05, 0) is 61.9 Å². The summed E-state index contributed by atoms with van der Waals surface area (Å²) < 4.78 is 5.72. The van der Waals surface area contributed by atoms with Crippen molar-refractivity contribution in [1.29, 1.82) is 0 Å². The van der Waals surface area contributed by atoms with E-state index < -0.39 is 0 Å². The Balaban J connectivity index is 1.71. The molecule has 0 N–H and O–H groups in total. The quantitative estimate of drug-likeness (QED) is 0.656. The second-order valence-corrected chi connectivity index (χ2v) is 7.68. The molecule has 2 aromatic rings. The van der Waals surface area contributed by atoms with Crippen LogP contribution in [0, 0.1) is 5.92 Å². The fourth-order valence-electron chi connectivity index (χ4n) is 3.66. The molecule has 4 nitrogen and oxygen atoms in total. The Bertz CT molecular complexity index is 789. The van der Waals surface area contributed by atoms with E-state index in [0.29, 0.717) is 23.6 Å². The minimum atomic E-state index is -0.182. The van der Waals surface area contributed by atoms with E-state index in [4.69, 9.17) is 4.74 Å². The van der Waals surface area contributed by atoms with Crippen LogP contribution in [0.1, 0.15) is 66.3 Å². The minimum Gasteiger partial charge on any atom is -0.491 e. The molecular formula is C23H27NO3. The van der Waals surface area contributed by atoms with Gasteiger partial charge in [-0.25, -0.2) is 0 Å². The molecule has 0 radical (unpaired) electrons. The van der Waals surface area contributed by atoms with Crippen LogP contribution in [0.25, 0.3) is 0 Å². The Hall–Kier alpha value is -2.62. The second kappa shape index (κ2) is 7.95. The molecule has 0 aliphatic carbocycles. The maximum absolute atomic E-state index is 12.6. The lowest BCUT2D eigenvalue weighted by atomic mass is 9.85. The molecule has 1 unspecified atom stereocenters. The van der Waals surface area contributed by atoms with E-state index in [1.807, 2.05) is 26.0 Å². The predicted octanol–water partition coefficient (Wildman–Crippen LogP) is 4.90. The molecule has 27 heavy (non-hydrogen) atoms. The molecule has 0 spiro atoms.